The minimum atomic E-state index is 0.656. The van der Waals surface area contributed by atoms with Crippen molar-refractivity contribution in [3.8, 4) is 0 Å². The Balaban J connectivity index is 2.07. The Labute approximate surface area is 95.4 Å². The summed E-state index contributed by atoms with van der Waals surface area (Å²) in [6, 6.07) is 0. The molecule has 0 aromatic heterocycles. The van der Waals surface area contributed by atoms with Gasteiger partial charge in [0, 0.05) is 19.6 Å². The second-order valence-electron chi connectivity index (χ2n) is 5.22. The highest BCUT2D eigenvalue weighted by atomic mass is 15.1. The Morgan fingerprint density at radius 1 is 1.20 bits per heavy atom. The summed E-state index contributed by atoms with van der Waals surface area (Å²) in [5.74, 6) is 0.846. The maximum Gasteiger partial charge on any atom is 0.0107 e. The molecular weight excluding hydrogens is 184 g/mol. The number of likely N-dealkylation sites (N-methyl/N-ethyl adjacent to an activating group) is 1. The van der Waals surface area contributed by atoms with Crippen molar-refractivity contribution >= 4 is 0 Å². The molecule has 0 atom stereocenters. The fourth-order valence-corrected chi connectivity index (χ4v) is 2.23. The van der Waals surface area contributed by atoms with E-state index in [0.717, 1.165) is 12.5 Å². The second-order valence-corrected chi connectivity index (χ2v) is 5.22. The van der Waals surface area contributed by atoms with Gasteiger partial charge in [-0.3, -0.25) is 0 Å². The van der Waals surface area contributed by atoms with E-state index in [4.69, 9.17) is 0 Å². The van der Waals surface area contributed by atoms with E-state index in [9.17, 15) is 0 Å². The van der Waals surface area contributed by atoms with Crippen LogP contribution in [-0.2, 0) is 0 Å². The first-order chi connectivity index (χ1) is 7.14. The molecule has 90 valence electrons. The van der Waals surface area contributed by atoms with Crippen molar-refractivity contribution in [2.45, 2.75) is 40.5 Å². The van der Waals surface area contributed by atoms with Crippen LogP contribution in [0.3, 0.4) is 0 Å². The van der Waals surface area contributed by atoms with Crippen molar-refractivity contribution in [2.24, 2.45) is 11.3 Å². The zero-order valence-corrected chi connectivity index (χ0v) is 11.0. The van der Waals surface area contributed by atoms with E-state index >= 15 is 0 Å². The van der Waals surface area contributed by atoms with Crippen molar-refractivity contribution < 1.29 is 0 Å². The van der Waals surface area contributed by atoms with Crippen LogP contribution in [0.2, 0.25) is 0 Å². The third-order valence-electron chi connectivity index (χ3n) is 4.09. The highest BCUT2D eigenvalue weighted by Gasteiger charge is 2.44. The van der Waals surface area contributed by atoms with Gasteiger partial charge in [0.1, 0.15) is 0 Å². The van der Waals surface area contributed by atoms with Gasteiger partial charge in [-0.25, -0.2) is 0 Å². The van der Waals surface area contributed by atoms with Crippen molar-refractivity contribution in [3.63, 3.8) is 0 Å². The molecule has 1 aliphatic carbocycles. The quantitative estimate of drug-likeness (QED) is 0.621. The fraction of sp³-hybridized carbons (Fsp3) is 1.00. The molecule has 0 heterocycles. The largest absolute Gasteiger partial charge is 0.315 e. The van der Waals surface area contributed by atoms with Crippen LogP contribution in [0.4, 0.5) is 0 Å². The van der Waals surface area contributed by atoms with Crippen LogP contribution >= 0.6 is 0 Å². The van der Waals surface area contributed by atoms with Crippen LogP contribution in [0.1, 0.15) is 40.5 Å². The topological polar surface area (TPSA) is 15.3 Å². The number of rotatable bonds is 8. The third kappa shape index (κ3) is 3.76. The minimum absolute atomic E-state index is 0.656. The number of hydrogen-bond donors (Lipinski definition) is 1. The van der Waals surface area contributed by atoms with Crippen molar-refractivity contribution in [3.05, 3.63) is 0 Å². The molecule has 1 N–H and O–H groups in total. The van der Waals surface area contributed by atoms with Crippen molar-refractivity contribution in [1.82, 2.24) is 10.2 Å². The van der Waals surface area contributed by atoms with Gasteiger partial charge in [0.25, 0.3) is 0 Å². The highest BCUT2D eigenvalue weighted by molar-refractivity contribution is 4.96. The van der Waals surface area contributed by atoms with Crippen LogP contribution in [0.15, 0.2) is 0 Å². The smallest absolute Gasteiger partial charge is 0.0107 e. The van der Waals surface area contributed by atoms with Gasteiger partial charge in [0.2, 0.25) is 0 Å². The van der Waals surface area contributed by atoms with E-state index < -0.39 is 0 Å². The van der Waals surface area contributed by atoms with Gasteiger partial charge in [0.05, 0.1) is 0 Å². The van der Waals surface area contributed by atoms with E-state index in [1.807, 2.05) is 0 Å². The average molecular weight is 212 g/mol. The lowest BCUT2D eigenvalue weighted by atomic mass is 9.92. The van der Waals surface area contributed by atoms with Crippen molar-refractivity contribution in [2.75, 3.05) is 32.7 Å². The number of nitrogens with zero attached hydrogens (tertiary/aromatic N) is 1. The summed E-state index contributed by atoms with van der Waals surface area (Å²) in [7, 11) is 0. The molecule has 1 saturated carbocycles. The molecule has 0 unspecified atom stereocenters. The van der Waals surface area contributed by atoms with Gasteiger partial charge in [0.15, 0.2) is 0 Å². The first kappa shape index (κ1) is 13.0. The second kappa shape index (κ2) is 5.86. The molecule has 0 saturated heterocycles. The number of hydrogen-bond acceptors (Lipinski definition) is 2. The summed E-state index contributed by atoms with van der Waals surface area (Å²) < 4.78 is 0. The molecule has 2 nitrogen and oxygen atoms in total. The monoisotopic (exact) mass is 212 g/mol. The Kier molecular flexibility index (Phi) is 5.07. The molecule has 15 heavy (non-hydrogen) atoms. The zero-order valence-electron chi connectivity index (χ0n) is 11.0. The summed E-state index contributed by atoms with van der Waals surface area (Å²) in [5, 5.41) is 3.63. The molecular formula is C13H28N2. The van der Waals surface area contributed by atoms with Crippen LogP contribution in [0, 0.1) is 11.3 Å². The fourth-order valence-electron chi connectivity index (χ4n) is 2.23. The SMILES string of the molecule is CCN(CC)CCNCC1(C(C)C)CC1. The Morgan fingerprint density at radius 3 is 2.20 bits per heavy atom. The summed E-state index contributed by atoms with van der Waals surface area (Å²) in [6.07, 6.45) is 2.87. The molecule has 0 radical (unpaired) electrons. The standard InChI is InChI=1S/C13H28N2/c1-5-15(6-2)10-9-14-11-13(7-8-13)12(3)4/h12,14H,5-11H2,1-4H3. The van der Waals surface area contributed by atoms with Crippen LogP contribution in [0.25, 0.3) is 0 Å². The Morgan fingerprint density at radius 2 is 1.80 bits per heavy atom. The first-order valence-electron chi connectivity index (χ1n) is 6.57. The predicted molar refractivity (Wildman–Crippen MR) is 67.2 cm³/mol. The maximum atomic E-state index is 3.63. The maximum absolute atomic E-state index is 3.63. The summed E-state index contributed by atoms with van der Waals surface area (Å²) in [4.78, 5) is 2.47. The summed E-state index contributed by atoms with van der Waals surface area (Å²) in [6.45, 7) is 15.1. The van der Waals surface area contributed by atoms with Crippen LogP contribution in [0.5, 0.6) is 0 Å². The Bertz CT molecular complexity index is 169. The van der Waals surface area contributed by atoms with E-state index in [1.165, 1.54) is 39.0 Å². The molecule has 0 aliphatic heterocycles. The lowest BCUT2D eigenvalue weighted by Crippen LogP contribution is -2.35. The summed E-state index contributed by atoms with van der Waals surface area (Å²) >= 11 is 0. The van der Waals surface area contributed by atoms with E-state index in [-0.39, 0.29) is 0 Å². The van der Waals surface area contributed by atoms with E-state index in [1.54, 1.807) is 0 Å². The molecule has 1 rings (SSSR count). The predicted octanol–water partition coefficient (Wildman–Crippen LogP) is 2.35. The van der Waals surface area contributed by atoms with Crippen LogP contribution in [-0.4, -0.2) is 37.6 Å². The van der Waals surface area contributed by atoms with Crippen LogP contribution < -0.4 is 5.32 Å². The first-order valence-corrected chi connectivity index (χ1v) is 6.57. The van der Waals surface area contributed by atoms with Crippen molar-refractivity contribution in [1.29, 1.82) is 0 Å². The van der Waals surface area contributed by atoms with Gasteiger partial charge in [-0.15, -0.1) is 0 Å². The molecule has 1 fully saturated rings. The summed E-state index contributed by atoms with van der Waals surface area (Å²) in [5.41, 5.74) is 0.656. The molecule has 2 heteroatoms. The molecule has 0 bridgehead atoms. The molecule has 0 aromatic rings. The Hall–Kier alpha value is -0.0800. The van der Waals surface area contributed by atoms with Gasteiger partial charge >= 0.3 is 0 Å². The van der Waals surface area contributed by atoms with Gasteiger partial charge < -0.3 is 10.2 Å². The molecule has 0 aromatic carbocycles. The lowest BCUT2D eigenvalue weighted by molar-refractivity contribution is 0.285. The molecule has 0 spiro atoms. The van der Waals surface area contributed by atoms with E-state index in [0.29, 0.717) is 5.41 Å². The number of nitrogens with one attached hydrogen (secondary N) is 1. The average Bonchev–Trinajstić information content (AvgIpc) is 2.99. The highest BCUT2D eigenvalue weighted by Crippen LogP contribution is 2.51. The van der Waals surface area contributed by atoms with E-state index in [2.05, 4.69) is 37.9 Å². The van der Waals surface area contributed by atoms with Gasteiger partial charge in [-0.05, 0) is 37.3 Å². The third-order valence-corrected chi connectivity index (χ3v) is 4.09. The van der Waals surface area contributed by atoms with Gasteiger partial charge in [-0.2, -0.15) is 0 Å². The normalized spacial score (nSPS) is 18.8. The minimum Gasteiger partial charge on any atom is -0.315 e. The molecule has 0 amide bonds. The van der Waals surface area contributed by atoms with Gasteiger partial charge in [-0.1, -0.05) is 27.7 Å². The molecule has 1 aliphatic rings. The zero-order chi connectivity index (χ0) is 11.3. The lowest BCUT2D eigenvalue weighted by Gasteiger charge is -2.22.